The fraction of sp³-hybridized carbons (Fsp3) is 0.581. The fourth-order valence-electron chi connectivity index (χ4n) is 4.49. The quantitative estimate of drug-likeness (QED) is 0.165. The van der Waals surface area contributed by atoms with Gasteiger partial charge >= 0.3 is 0 Å². The van der Waals surface area contributed by atoms with Crippen molar-refractivity contribution in [3.05, 3.63) is 53.6 Å². The van der Waals surface area contributed by atoms with Gasteiger partial charge in [0, 0.05) is 11.4 Å². The summed E-state index contributed by atoms with van der Waals surface area (Å²) in [5, 5.41) is 3.01. The zero-order valence-electron chi connectivity index (χ0n) is 22.4. The van der Waals surface area contributed by atoms with E-state index in [0.717, 1.165) is 24.1 Å². The van der Waals surface area contributed by atoms with Crippen molar-refractivity contribution in [3.8, 4) is 5.75 Å². The van der Waals surface area contributed by atoms with E-state index in [-0.39, 0.29) is 12.0 Å². The second kappa shape index (κ2) is 17.0. The van der Waals surface area contributed by atoms with E-state index in [1.807, 2.05) is 38.1 Å². The Morgan fingerprint density at radius 3 is 1.89 bits per heavy atom. The van der Waals surface area contributed by atoms with E-state index in [2.05, 4.69) is 18.3 Å². The topological polar surface area (TPSA) is 64.3 Å². The van der Waals surface area contributed by atoms with E-state index in [1.54, 1.807) is 12.1 Å². The van der Waals surface area contributed by atoms with Gasteiger partial charge in [-0.05, 0) is 62.6 Å². The number of carbonyl (C=O) groups excluding carboxylic acids is 1. The molecule has 0 saturated heterocycles. The molecule has 0 aliphatic rings. The number of nitrogens with one attached hydrogen (secondary N) is 1. The predicted molar refractivity (Wildman–Crippen MR) is 150 cm³/mol. The van der Waals surface area contributed by atoms with E-state index >= 15 is 0 Å². The van der Waals surface area contributed by atoms with Gasteiger partial charge in [-0.25, -0.2) is 0 Å². The Balaban J connectivity index is 1.79. The Hall–Kier alpha value is -2.49. The molecule has 0 bridgehead atoms. The van der Waals surface area contributed by atoms with Crippen LogP contribution in [-0.2, 0) is 6.42 Å². The molecule has 0 fully saturated rings. The highest BCUT2D eigenvalue weighted by atomic mass is 16.5. The second-order valence-electron chi connectivity index (χ2n) is 10.0. The van der Waals surface area contributed by atoms with Crippen molar-refractivity contribution in [2.75, 3.05) is 11.1 Å². The molecule has 0 unspecified atom stereocenters. The molecule has 0 radical (unpaired) electrons. The van der Waals surface area contributed by atoms with Crippen LogP contribution in [0.15, 0.2) is 42.5 Å². The van der Waals surface area contributed by atoms with E-state index in [1.165, 1.54) is 77.0 Å². The molecule has 194 valence electrons. The maximum Gasteiger partial charge on any atom is 0.259 e. The van der Waals surface area contributed by atoms with Crippen molar-refractivity contribution in [1.82, 2.24) is 0 Å². The molecule has 0 aromatic heterocycles. The summed E-state index contributed by atoms with van der Waals surface area (Å²) in [5.41, 5.74) is 8.89. The number of unbranched alkanes of at least 4 members (excludes halogenated alkanes) is 12. The van der Waals surface area contributed by atoms with Crippen molar-refractivity contribution in [1.29, 1.82) is 0 Å². The predicted octanol–water partition coefficient (Wildman–Crippen LogP) is 8.94. The van der Waals surface area contributed by atoms with Gasteiger partial charge in [0.2, 0.25) is 0 Å². The van der Waals surface area contributed by atoms with Crippen LogP contribution in [0.25, 0.3) is 0 Å². The first kappa shape index (κ1) is 28.7. The Morgan fingerprint density at radius 1 is 0.800 bits per heavy atom. The third-order valence-electron chi connectivity index (χ3n) is 6.42. The van der Waals surface area contributed by atoms with Crippen LogP contribution in [0.4, 0.5) is 11.4 Å². The van der Waals surface area contributed by atoms with E-state index in [9.17, 15) is 4.79 Å². The number of rotatable bonds is 18. The van der Waals surface area contributed by atoms with Gasteiger partial charge < -0.3 is 15.8 Å². The standard InChI is InChI=1S/C31H48N2O2/c1-4-5-6-7-8-9-10-11-12-13-14-15-16-18-26-19-17-20-29(35-25(2)3)30(26)31(34)33-28-23-21-27(32)22-24-28/h17,19-25H,4-16,18,32H2,1-3H3,(H,33,34). The Kier molecular flexibility index (Phi) is 14.0. The average molecular weight is 481 g/mol. The van der Waals surface area contributed by atoms with Gasteiger partial charge in [-0.15, -0.1) is 0 Å². The minimum atomic E-state index is -0.129. The number of amides is 1. The lowest BCUT2D eigenvalue weighted by Crippen LogP contribution is -2.18. The number of anilines is 2. The number of nitrogens with two attached hydrogens (primary N) is 1. The normalized spacial score (nSPS) is 11.1. The molecule has 35 heavy (non-hydrogen) atoms. The van der Waals surface area contributed by atoms with Crippen LogP contribution in [0, 0.1) is 0 Å². The molecule has 0 atom stereocenters. The number of carbonyl (C=O) groups is 1. The first-order valence-corrected chi connectivity index (χ1v) is 14.0. The highest BCUT2D eigenvalue weighted by Gasteiger charge is 2.18. The molecule has 0 aliphatic heterocycles. The summed E-state index contributed by atoms with van der Waals surface area (Å²) in [4.78, 5) is 13.2. The van der Waals surface area contributed by atoms with Crippen LogP contribution in [0.2, 0.25) is 0 Å². The minimum absolute atomic E-state index is 0.00432. The first-order chi connectivity index (χ1) is 17.0. The van der Waals surface area contributed by atoms with Gasteiger partial charge in [-0.1, -0.05) is 96.1 Å². The van der Waals surface area contributed by atoms with Crippen molar-refractivity contribution >= 4 is 17.3 Å². The molecule has 0 saturated carbocycles. The van der Waals surface area contributed by atoms with Crippen molar-refractivity contribution in [3.63, 3.8) is 0 Å². The Morgan fingerprint density at radius 2 is 1.34 bits per heavy atom. The van der Waals surface area contributed by atoms with E-state index in [4.69, 9.17) is 10.5 Å². The van der Waals surface area contributed by atoms with E-state index < -0.39 is 0 Å². The molecule has 0 aliphatic carbocycles. The third kappa shape index (κ3) is 11.7. The van der Waals surface area contributed by atoms with Crippen LogP contribution in [0.3, 0.4) is 0 Å². The van der Waals surface area contributed by atoms with E-state index in [0.29, 0.717) is 17.0 Å². The highest BCUT2D eigenvalue weighted by Crippen LogP contribution is 2.27. The number of nitrogen functional groups attached to an aromatic ring is 1. The van der Waals surface area contributed by atoms with Crippen LogP contribution in [0.1, 0.15) is 120 Å². The lowest BCUT2D eigenvalue weighted by atomic mass is 9.98. The molecule has 2 aromatic carbocycles. The van der Waals surface area contributed by atoms with Crippen molar-refractivity contribution in [2.24, 2.45) is 0 Å². The summed E-state index contributed by atoms with van der Waals surface area (Å²) >= 11 is 0. The summed E-state index contributed by atoms with van der Waals surface area (Å²) in [5.74, 6) is 0.524. The molecular formula is C31H48N2O2. The smallest absolute Gasteiger partial charge is 0.259 e. The molecule has 2 rings (SSSR count). The third-order valence-corrected chi connectivity index (χ3v) is 6.42. The second-order valence-corrected chi connectivity index (χ2v) is 10.0. The number of ether oxygens (including phenoxy) is 1. The molecule has 0 spiro atoms. The largest absolute Gasteiger partial charge is 0.490 e. The molecule has 2 aromatic rings. The summed E-state index contributed by atoms with van der Waals surface area (Å²) in [6.45, 7) is 6.25. The van der Waals surface area contributed by atoms with Crippen molar-refractivity contribution in [2.45, 2.75) is 117 Å². The highest BCUT2D eigenvalue weighted by molar-refractivity contribution is 6.07. The van der Waals surface area contributed by atoms with Gasteiger partial charge in [0.25, 0.3) is 5.91 Å². The molecule has 4 heteroatoms. The van der Waals surface area contributed by atoms with Gasteiger partial charge in [-0.2, -0.15) is 0 Å². The Labute approximate surface area is 214 Å². The molecule has 4 nitrogen and oxygen atoms in total. The SMILES string of the molecule is CCCCCCCCCCCCCCCc1cccc(OC(C)C)c1C(=O)Nc1ccc(N)cc1. The van der Waals surface area contributed by atoms with Crippen LogP contribution < -0.4 is 15.8 Å². The van der Waals surface area contributed by atoms with Crippen molar-refractivity contribution < 1.29 is 9.53 Å². The summed E-state index contributed by atoms with van der Waals surface area (Å²) in [6, 6.07) is 13.2. The maximum absolute atomic E-state index is 13.2. The number of benzene rings is 2. The maximum atomic E-state index is 13.2. The summed E-state index contributed by atoms with van der Waals surface area (Å²) in [6.07, 6.45) is 18.2. The fourth-order valence-corrected chi connectivity index (χ4v) is 4.49. The van der Waals surface area contributed by atoms with Gasteiger partial charge in [0.05, 0.1) is 11.7 Å². The number of hydrogen-bond donors (Lipinski definition) is 2. The van der Waals surface area contributed by atoms with Crippen LogP contribution in [-0.4, -0.2) is 12.0 Å². The lowest BCUT2D eigenvalue weighted by molar-refractivity contribution is 0.102. The zero-order valence-corrected chi connectivity index (χ0v) is 22.4. The van der Waals surface area contributed by atoms with Crippen LogP contribution >= 0.6 is 0 Å². The minimum Gasteiger partial charge on any atom is -0.490 e. The number of hydrogen-bond acceptors (Lipinski definition) is 3. The lowest BCUT2D eigenvalue weighted by Gasteiger charge is -2.17. The number of aryl methyl sites for hydroxylation is 1. The molecular weight excluding hydrogens is 432 g/mol. The monoisotopic (exact) mass is 480 g/mol. The summed E-state index contributed by atoms with van der Waals surface area (Å²) in [7, 11) is 0. The van der Waals surface area contributed by atoms with Gasteiger partial charge in [0.1, 0.15) is 5.75 Å². The Bertz CT molecular complexity index is 846. The average Bonchev–Trinajstić information content (AvgIpc) is 2.83. The molecule has 3 N–H and O–H groups in total. The van der Waals surface area contributed by atoms with Crippen LogP contribution in [0.5, 0.6) is 5.75 Å². The van der Waals surface area contributed by atoms with Gasteiger partial charge in [-0.3, -0.25) is 4.79 Å². The summed E-state index contributed by atoms with van der Waals surface area (Å²) < 4.78 is 6.00. The molecule has 1 amide bonds. The zero-order chi connectivity index (χ0) is 25.3. The molecule has 0 heterocycles. The van der Waals surface area contributed by atoms with Gasteiger partial charge in [0.15, 0.2) is 0 Å². The first-order valence-electron chi connectivity index (χ1n) is 14.0.